The van der Waals surface area contributed by atoms with Crippen molar-refractivity contribution >= 4 is 33.1 Å². The third-order valence-corrected chi connectivity index (χ3v) is 6.35. The van der Waals surface area contributed by atoms with E-state index in [0.29, 0.717) is 22.4 Å². The van der Waals surface area contributed by atoms with Crippen molar-refractivity contribution < 1.29 is 8.42 Å². The molecule has 25 heavy (non-hydrogen) atoms. The summed E-state index contributed by atoms with van der Waals surface area (Å²) in [6, 6.07) is 6.94. The molecule has 130 valence electrons. The van der Waals surface area contributed by atoms with E-state index in [4.69, 9.17) is 5.14 Å². The third-order valence-electron chi connectivity index (χ3n) is 3.81. The lowest BCUT2D eigenvalue weighted by molar-refractivity contribution is 0.600. The number of sulfonamides is 1. The molecule has 8 nitrogen and oxygen atoms in total. The average molecular weight is 376 g/mol. The zero-order valence-corrected chi connectivity index (χ0v) is 15.0. The summed E-state index contributed by atoms with van der Waals surface area (Å²) < 4.78 is 23.0. The summed E-state index contributed by atoms with van der Waals surface area (Å²) in [6.45, 7) is 1.85. The van der Waals surface area contributed by atoms with Crippen LogP contribution in [0.3, 0.4) is 0 Å². The average Bonchev–Trinajstić information content (AvgIpc) is 3.07. The second-order valence-corrected chi connectivity index (χ2v) is 8.86. The van der Waals surface area contributed by atoms with Gasteiger partial charge in [-0.3, -0.25) is 5.10 Å². The number of hydrogen-bond donors (Lipinski definition) is 3. The van der Waals surface area contributed by atoms with E-state index in [2.05, 4.69) is 25.5 Å². The fourth-order valence-corrected chi connectivity index (χ4v) is 4.16. The summed E-state index contributed by atoms with van der Waals surface area (Å²) in [5, 5.41) is 15.5. The van der Waals surface area contributed by atoms with Crippen molar-refractivity contribution in [1.29, 1.82) is 0 Å². The van der Waals surface area contributed by atoms with E-state index in [1.807, 2.05) is 13.0 Å². The molecule has 1 aliphatic rings. The third kappa shape index (κ3) is 3.55. The van der Waals surface area contributed by atoms with Crippen LogP contribution < -0.4 is 10.5 Å². The van der Waals surface area contributed by atoms with Gasteiger partial charge in [-0.05, 0) is 38.0 Å². The van der Waals surface area contributed by atoms with Crippen molar-refractivity contribution in [3.05, 3.63) is 35.7 Å². The number of nitrogens with one attached hydrogen (secondary N) is 2. The molecule has 3 aromatic rings. The molecule has 0 radical (unpaired) electrons. The second kappa shape index (κ2) is 5.90. The number of thiophene rings is 1. The van der Waals surface area contributed by atoms with Gasteiger partial charge < -0.3 is 5.32 Å². The van der Waals surface area contributed by atoms with Crippen molar-refractivity contribution in [1.82, 2.24) is 20.2 Å². The van der Waals surface area contributed by atoms with Gasteiger partial charge in [0.05, 0.1) is 16.3 Å². The van der Waals surface area contributed by atoms with E-state index in [1.165, 1.54) is 18.9 Å². The first-order chi connectivity index (χ1) is 11.9. The molecule has 0 saturated heterocycles. The number of nitrogens with two attached hydrogens (primary N) is 1. The Labute approximate surface area is 148 Å². The lowest BCUT2D eigenvalue weighted by Gasteiger charge is -2.05. The van der Waals surface area contributed by atoms with E-state index in [0.717, 1.165) is 28.5 Å². The van der Waals surface area contributed by atoms with Crippen LogP contribution in [-0.4, -0.2) is 28.6 Å². The van der Waals surface area contributed by atoms with Gasteiger partial charge in [-0.1, -0.05) is 0 Å². The largest absolute Gasteiger partial charge is 0.309 e. The van der Waals surface area contributed by atoms with Crippen molar-refractivity contribution in [3.8, 4) is 10.6 Å². The number of aromatic nitrogens is 4. The number of rotatable bonds is 5. The summed E-state index contributed by atoms with van der Waals surface area (Å²) >= 11 is 1.08. The van der Waals surface area contributed by atoms with Crippen LogP contribution in [0.5, 0.6) is 0 Å². The van der Waals surface area contributed by atoms with Gasteiger partial charge in [0.2, 0.25) is 16.0 Å². The highest BCUT2D eigenvalue weighted by atomic mass is 32.2. The summed E-state index contributed by atoms with van der Waals surface area (Å²) in [6.07, 6.45) is 2.36. The Hall–Kier alpha value is -2.30. The van der Waals surface area contributed by atoms with Gasteiger partial charge in [0.15, 0.2) is 0 Å². The smallest absolute Gasteiger partial charge is 0.247 e. The first kappa shape index (κ1) is 16.2. The number of primary sulfonamides is 1. The summed E-state index contributed by atoms with van der Waals surface area (Å²) in [5.41, 5.74) is 2.45. The van der Waals surface area contributed by atoms with Crippen LogP contribution in [0.2, 0.25) is 0 Å². The minimum absolute atomic E-state index is 0.107. The van der Waals surface area contributed by atoms with E-state index < -0.39 is 10.0 Å². The monoisotopic (exact) mass is 376 g/mol. The number of H-pyrrole nitrogens is 1. The molecule has 0 spiro atoms. The molecule has 4 N–H and O–H groups in total. The highest BCUT2D eigenvalue weighted by molar-refractivity contribution is 7.91. The zero-order chi connectivity index (χ0) is 17.6. The first-order valence-corrected chi connectivity index (χ1v) is 10.1. The van der Waals surface area contributed by atoms with Crippen molar-refractivity contribution in [3.63, 3.8) is 0 Å². The number of nitrogens with zero attached hydrogens (tertiary/aromatic N) is 3. The number of aromatic amines is 1. The van der Waals surface area contributed by atoms with Crippen molar-refractivity contribution in [2.24, 2.45) is 5.14 Å². The summed E-state index contributed by atoms with van der Waals surface area (Å²) in [4.78, 5) is 9.55. The molecule has 0 atom stereocenters. The van der Waals surface area contributed by atoms with Gasteiger partial charge in [-0.15, -0.1) is 11.3 Å². The van der Waals surface area contributed by atoms with Gasteiger partial charge in [0.1, 0.15) is 10.0 Å². The Morgan fingerprint density at radius 1 is 1.28 bits per heavy atom. The molecule has 0 aromatic carbocycles. The number of anilines is 2. The topological polar surface area (TPSA) is 127 Å². The first-order valence-electron chi connectivity index (χ1n) is 7.69. The predicted molar refractivity (Wildman–Crippen MR) is 95.3 cm³/mol. The maximum Gasteiger partial charge on any atom is 0.247 e. The van der Waals surface area contributed by atoms with Crippen LogP contribution in [0.15, 0.2) is 28.5 Å². The van der Waals surface area contributed by atoms with Gasteiger partial charge >= 0.3 is 0 Å². The molecule has 1 fully saturated rings. The Morgan fingerprint density at radius 3 is 2.76 bits per heavy atom. The van der Waals surface area contributed by atoms with E-state index in [1.54, 1.807) is 12.1 Å². The zero-order valence-electron chi connectivity index (χ0n) is 13.4. The fraction of sp³-hybridized carbons (Fsp3) is 0.267. The van der Waals surface area contributed by atoms with Crippen molar-refractivity contribution in [2.45, 2.75) is 29.9 Å². The van der Waals surface area contributed by atoms with Gasteiger partial charge in [0.25, 0.3) is 0 Å². The van der Waals surface area contributed by atoms with Crippen LogP contribution in [0.25, 0.3) is 10.6 Å². The SMILES string of the molecule is Cc1cc(-c2ccc(S(N)(=O)=O)s2)nc(Nc2cc(C3CC3)n[nH]2)n1. The van der Waals surface area contributed by atoms with Gasteiger partial charge in [0, 0.05) is 17.7 Å². The molecule has 10 heteroatoms. The Balaban J connectivity index is 1.62. The molecular formula is C15H16N6O2S2. The Kier molecular flexibility index (Phi) is 3.82. The normalized spacial score (nSPS) is 14.6. The Morgan fingerprint density at radius 2 is 2.08 bits per heavy atom. The van der Waals surface area contributed by atoms with Gasteiger partial charge in [-0.2, -0.15) is 5.10 Å². The summed E-state index contributed by atoms with van der Waals surface area (Å²) in [7, 11) is -3.71. The standard InChI is InChI=1S/C15H16N6O2S2/c1-8-6-11(12-4-5-14(24-12)25(16,22)23)18-15(17-8)19-13-7-10(20-21-13)9-2-3-9/h4-7,9H,2-3H2,1H3,(H2,16,22,23)(H2,17,18,19,20,21). The maximum absolute atomic E-state index is 11.4. The molecule has 0 aliphatic heterocycles. The molecule has 3 heterocycles. The molecule has 4 rings (SSSR count). The molecule has 0 amide bonds. The van der Waals surface area contributed by atoms with E-state index in [-0.39, 0.29) is 4.21 Å². The lowest BCUT2D eigenvalue weighted by atomic mass is 10.3. The minimum Gasteiger partial charge on any atom is -0.309 e. The van der Waals surface area contributed by atoms with Crippen LogP contribution in [0.1, 0.15) is 30.1 Å². The van der Waals surface area contributed by atoms with Crippen LogP contribution in [-0.2, 0) is 10.0 Å². The molecule has 3 aromatic heterocycles. The Bertz CT molecular complexity index is 1040. The molecular weight excluding hydrogens is 360 g/mol. The number of aryl methyl sites for hydroxylation is 1. The van der Waals surface area contributed by atoms with E-state index >= 15 is 0 Å². The molecule has 1 aliphatic carbocycles. The quantitative estimate of drug-likeness (QED) is 0.628. The fourth-order valence-electron chi connectivity index (χ4n) is 2.47. The molecule has 1 saturated carbocycles. The highest BCUT2D eigenvalue weighted by Gasteiger charge is 2.26. The van der Waals surface area contributed by atoms with Crippen LogP contribution in [0, 0.1) is 6.92 Å². The molecule has 0 bridgehead atoms. The molecule has 0 unspecified atom stereocenters. The lowest BCUT2D eigenvalue weighted by Crippen LogP contribution is -2.09. The highest BCUT2D eigenvalue weighted by Crippen LogP contribution is 2.39. The minimum atomic E-state index is -3.71. The maximum atomic E-state index is 11.4. The second-order valence-electron chi connectivity index (χ2n) is 5.99. The number of hydrogen-bond acceptors (Lipinski definition) is 7. The van der Waals surface area contributed by atoms with Crippen LogP contribution in [0.4, 0.5) is 11.8 Å². The van der Waals surface area contributed by atoms with Crippen LogP contribution >= 0.6 is 11.3 Å². The van der Waals surface area contributed by atoms with Gasteiger partial charge in [-0.25, -0.2) is 23.5 Å². The summed E-state index contributed by atoms with van der Waals surface area (Å²) in [5.74, 6) is 1.71. The van der Waals surface area contributed by atoms with Crippen molar-refractivity contribution in [2.75, 3.05) is 5.32 Å². The van der Waals surface area contributed by atoms with E-state index in [9.17, 15) is 8.42 Å². The predicted octanol–water partition coefficient (Wildman–Crippen LogP) is 2.51.